The molecule has 0 amide bonds. The van der Waals surface area contributed by atoms with Gasteiger partial charge in [0.15, 0.2) is 0 Å². The zero-order valence-corrected chi connectivity index (χ0v) is 11.0. The molecule has 100 valence electrons. The Morgan fingerprint density at radius 1 is 1.10 bits per heavy atom. The molecule has 4 nitrogen and oxygen atoms in total. The molecule has 2 aromatic carbocycles. The topological polar surface area (TPSA) is 64.9 Å². The van der Waals surface area contributed by atoms with Crippen LogP contribution in [0.5, 0.6) is 0 Å². The van der Waals surface area contributed by atoms with Crippen LogP contribution in [0.4, 0.5) is 0 Å². The fourth-order valence-electron chi connectivity index (χ4n) is 2.54. The number of hydrogen-bond acceptors (Lipinski definition) is 4. The van der Waals surface area contributed by atoms with Crippen molar-refractivity contribution in [2.75, 3.05) is 6.54 Å². The number of nitrogens with two attached hydrogens (primary N) is 1. The van der Waals surface area contributed by atoms with E-state index < -0.39 is 0 Å². The van der Waals surface area contributed by atoms with E-state index in [0.29, 0.717) is 18.3 Å². The van der Waals surface area contributed by atoms with Crippen molar-refractivity contribution in [1.29, 1.82) is 0 Å². The molecule has 0 aliphatic heterocycles. The highest BCUT2D eigenvalue weighted by Gasteiger charge is 2.48. The summed E-state index contributed by atoms with van der Waals surface area (Å²) in [6.07, 6.45) is 2.09. The molecule has 4 heteroatoms. The van der Waals surface area contributed by atoms with Crippen LogP contribution in [0.2, 0.25) is 0 Å². The highest BCUT2D eigenvalue weighted by molar-refractivity contribution is 5.86. The largest absolute Gasteiger partial charge is 0.338 e. The van der Waals surface area contributed by atoms with E-state index in [1.165, 1.54) is 10.8 Å². The van der Waals surface area contributed by atoms with E-state index in [2.05, 4.69) is 34.4 Å². The smallest absolute Gasteiger partial charge is 0.234 e. The van der Waals surface area contributed by atoms with Gasteiger partial charge in [-0.2, -0.15) is 4.98 Å². The molecule has 3 aromatic rings. The van der Waals surface area contributed by atoms with Crippen molar-refractivity contribution in [3.05, 3.63) is 48.4 Å². The molecule has 0 bridgehead atoms. The van der Waals surface area contributed by atoms with Crippen LogP contribution in [0.15, 0.2) is 47.0 Å². The second-order valence-electron chi connectivity index (χ2n) is 5.47. The van der Waals surface area contributed by atoms with E-state index >= 15 is 0 Å². The first-order valence-corrected chi connectivity index (χ1v) is 6.84. The lowest BCUT2D eigenvalue weighted by molar-refractivity contribution is 0.347. The van der Waals surface area contributed by atoms with Crippen LogP contribution < -0.4 is 5.73 Å². The molecule has 1 aliphatic carbocycles. The van der Waals surface area contributed by atoms with Crippen LogP contribution in [0.1, 0.15) is 18.7 Å². The standard InChI is InChI=1S/C16H15N3O/c17-10-16(7-8-16)15-18-14(19-20-15)13-6-5-11-3-1-2-4-12(11)9-13/h1-6,9H,7-8,10,17H2. The summed E-state index contributed by atoms with van der Waals surface area (Å²) in [6.45, 7) is 0.576. The van der Waals surface area contributed by atoms with Gasteiger partial charge in [0.05, 0.1) is 5.41 Å². The normalized spacial score (nSPS) is 16.4. The molecular weight excluding hydrogens is 250 g/mol. The molecule has 1 aliphatic rings. The van der Waals surface area contributed by atoms with Gasteiger partial charge in [0, 0.05) is 12.1 Å². The lowest BCUT2D eigenvalue weighted by Crippen LogP contribution is -2.19. The summed E-state index contributed by atoms with van der Waals surface area (Å²) in [4.78, 5) is 4.53. The van der Waals surface area contributed by atoms with Crippen molar-refractivity contribution in [2.24, 2.45) is 5.73 Å². The summed E-state index contributed by atoms with van der Waals surface area (Å²) in [7, 11) is 0. The molecule has 2 N–H and O–H groups in total. The minimum atomic E-state index is -0.0535. The summed E-state index contributed by atoms with van der Waals surface area (Å²) in [5, 5.41) is 6.49. The van der Waals surface area contributed by atoms with Crippen molar-refractivity contribution in [1.82, 2.24) is 10.1 Å². The highest BCUT2D eigenvalue weighted by Crippen LogP contribution is 2.46. The second kappa shape index (κ2) is 4.15. The van der Waals surface area contributed by atoms with Crippen LogP contribution in [0, 0.1) is 0 Å². The Bertz CT molecular complexity index is 774. The second-order valence-corrected chi connectivity index (χ2v) is 5.47. The number of rotatable bonds is 3. The van der Waals surface area contributed by atoms with Crippen molar-refractivity contribution >= 4 is 10.8 Å². The maximum atomic E-state index is 5.80. The Morgan fingerprint density at radius 2 is 1.90 bits per heavy atom. The van der Waals surface area contributed by atoms with E-state index in [-0.39, 0.29) is 5.41 Å². The number of hydrogen-bond donors (Lipinski definition) is 1. The van der Waals surface area contributed by atoms with Gasteiger partial charge < -0.3 is 10.3 Å². The van der Waals surface area contributed by atoms with Gasteiger partial charge in [-0.25, -0.2) is 0 Å². The monoisotopic (exact) mass is 265 g/mol. The van der Waals surface area contributed by atoms with Crippen molar-refractivity contribution in [3.8, 4) is 11.4 Å². The molecule has 1 fully saturated rings. The third kappa shape index (κ3) is 1.72. The third-order valence-electron chi connectivity index (χ3n) is 4.13. The first-order valence-electron chi connectivity index (χ1n) is 6.84. The van der Waals surface area contributed by atoms with Gasteiger partial charge in [-0.15, -0.1) is 0 Å². The molecule has 20 heavy (non-hydrogen) atoms. The predicted octanol–water partition coefficient (Wildman–Crippen LogP) is 2.88. The SMILES string of the molecule is NCC1(c2nc(-c3ccc4ccccc4c3)no2)CC1. The quantitative estimate of drug-likeness (QED) is 0.790. The zero-order chi connectivity index (χ0) is 13.6. The molecule has 1 aromatic heterocycles. The Kier molecular flexibility index (Phi) is 2.41. The minimum Gasteiger partial charge on any atom is -0.338 e. The van der Waals surface area contributed by atoms with Gasteiger partial charge in [0.2, 0.25) is 11.7 Å². The van der Waals surface area contributed by atoms with Crippen LogP contribution in [0.25, 0.3) is 22.2 Å². The summed E-state index contributed by atoms with van der Waals surface area (Å²) in [6, 6.07) is 14.4. The molecule has 0 radical (unpaired) electrons. The molecule has 1 saturated carbocycles. The summed E-state index contributed by atoms with van der Waals surface area (Å²) in [5.41, 5.74) is 6.72. The average Bonchev–Trinajstić information content (AvgIpc) is 3.15. The van der Waals surface area contributed by atoms with E-state index in [0.717, 1.165) is 18.4 Å². The molecule has 0 spiro atoms. The molecule has 1 heterocycles. The average molecular weight is 265 g/mol. The Hall–Kier alpha value is -2.20. The fourth-order valence-corrected chi connectivity index (χ4v) is 2.54. The minimum absolute atomic E-state index is 0.0535. The van der Waals surface area contributed by atoms with Gasteiger partial charge in [-0.1, -0.05) is 41.6 Å². The predicted molar refractivity (Wildman–Crippen MR) is 77.2 cm³/mol. The lowest BCUT2D eigenvalue weighted by Gasteiger charge is -2.03. The molecule has 0 atom stereocenters. The van der Waals surface area contributed by atoms with Crippen LogP contribution in [-0.4, -0.2) is 16.7 Å². The van der Waals surface area contributed by atoms with Crippen LogP contribution in [0.3, 0.4) is 0 Å². The Labute approximate surface area is 116 Å². The van der Waals surface area contributed by atoms with Crippen LogP contribution in [-0.2, 0) is 5.41 Å². The zero-order valence-electron chi connectivity index (χ0n) is 11.0. The number of benzene rings is 2. The van der Waals surface area contributed by atoms with Gasteiger partial charge in [0.25, 0.3) is 0 Å². The summed E-state index contributed by atoms with van der Waals surface area (Å²) < 4.78 is 5.41. The van der Waals surface area contributed by atoms with Crippen molar-refractivity contribution in [3.63, 3.8) is 0 Å². The Balaban J connectivity index is 1.76. The first-order chi connectivity index (χ1) is 9.81. The van der Waals surface area contributed by atoms with Crippen molar-refractivity contribution in [2.45, 2.75) is 18.3 Å². The van der Waals surface area contributed by atoms with Gasteiger partial charge in [-0.05, 0) is 29.7 Å². The van der Waals surface area contributed by atoms with Gasteiger partial charge in [0.1, 0.15) is 0 Å². The number of fused-ring (bicyclic) bond motifs is 1. The first kappa shape index (κ1) is 11.6. The van der Waals surface area contributed by atoms with E-state index in [9.17, 15) is 0 Å². The summed E-state index contributed by atoms with van der Waals surface area (Å²) in [5.74, 6) is 1.33. The molecular formula is C16H15N3O. The van der Waals surface area contributed by atoms with Crippen molar-refractivity contribution < 1.29 is 4.52 Å². The molecule has 0 saturated heterocycles. The maximum Gasteiger partial charge on any atom is 0.234 e. The van der Waals surface area contributed by atoms with E-state index in [1.54, 1.807) is 0 Å². The lowest BCUT2D eigenvalue weighted by atomic mass is 10.1. The number of nitrogens with zero attached hydrogens (tertiary/aromatic N) is 2. The maximum absolute atomic E-state index is 5.80. The molecule has 0 unspecified atom stereocenters. The number of aromatic nitrogens is 2. The Morgan fingerprint density at radius 3 is 2.65 bits per heavy atom. The molecule has 4 rings (SSSR count). The van der Waals surface area contributed by atoms with E-state index in [4.69, 9.17) is 10.3 Å². The fraction of sp³-hybridized carbons (Fsp3) is 0.250. The third-order valence-corrected chi connectivity index (χ3v) is 4.13. The highest BCUT2D eigenvalue weighted by atomic mass is 16.5. The van der Waals surface area contributed by atoms with Gasteiger partial charge in [-0.3, -0.25) is 0 Å². The van der Waals surface area contributed by atoms with E-state index in [1.807, 2.05) is 18.2 Å². The summed E-state index contributed by atoms with van der Waals surface area (Å²) >= 11 is 0. The van der Waals surface area contributed by atoms with Gasteiger partial charge >= 0.3 is 0 Å². The van der Waals surface area contributed by atoms with Crippen LogP contribution >= 0.6 is 0 Å².